The van der Waals surface area contributed by atoms with Gasteiger partial charge in [0.1, 0.15) is 0 Å². The lowest BCUT2D eigenvalue weighted by atomic mass is 9.99. The van der Waals surface area contributed by atoms with Gasteiger partial charge in [-0.25, -0.2) is 0 Å². The van der Waals surface area contributed by atoms with Gasteiger partial charge in [0.15, 0.2) is 0 Å². The van der Waals surface area contributed by atoms with Crippen LogP contribution < -0.4 is 5.32 Å². The first-order valence-corrected chi connectivity index (χ1v) is 6.55. The average molecular weight is 288 g/mol. The molecule has 1 amide bonds. The first-order chi connectivity index (χ1) is 10.2. The maximum atomic E-state index is 11.7. The number of carboxylic acids is 1. The molecule has 0 aliphatic rings. The Kier molecular flexibility index (Phi) is 5.03. The van der Waals surface area contributed by atoms with Crippen molar-refractivity contribution in [1.82, 2.24) is 20.3 Å². The van der Waals surface area contributed by atoms with E-state index in [0.717, 1.165) is 0 Å². The molecule has 0 radical (unpaired) electrons. The van der Waals surface area contributed by atoms with Gasteiger partial charge in [0.05, 0.1) is 18.7 Å². The summed E-state index contributed by atoms with van der Waals surface area (Å²) in [4.78, 5) is 23.0. The Morgan fingerprint density at radius 1 is 1.29 bits per heavy atom. The number of carbonyl (C=O) groups excluding carboxylic acids is 1. The molecule has 0 saturated carbocycles. The van der Waals surface area contributed by atoms with E-state index < -0.39 is 11.9 Å². The third kappa shape index (κ3) is 4.41. The summed E-state index contributed by atoms with van der Waals surface area (Å²) in [6.45, 7) is 0.477. The number of aromatic nitrogens is 3. The van der Waals surface area contributed by atoms with Crippen molar-refractivity contribution in [2.75, 3.05) is 6.54 Å². The van der Waals surface area contributed by atoms with Gasteiger partial charge in [0, 0.05) is 19.2 Å². The summed E-state index contributed by atoms with van der Waals surface area (Å²) in [6.07, 6.45) is 3.43. The van der Waals surface area contributed by atoms with Crippen LogP contribution in [-0.4, -0.2) is 38.5 Å². The number of aryl methyl sites for hydroxylation is 1. The summed E-state index contributed by atoms with van der Waals surface area (Å²) >= 11 is 0. The standard InChI is InChI=1S/C14H16N4O3/c19-13(6-8-18-9-7-16-17-18)15-10-12(14(20)21)11-4-2-1-3-5-11/h1-5,7,9,12H,6,8,10H2,(H,15,19)(H,20,21). The van der Waals surface area contributed by atoms with Crippen molar-refractivity contribution in [3.63, 3.8) is 0 Å². The summed E-state index contributed by atoms with van der Waals surface area (Å²) in [6, 6.07) is 8.84. The normalized spacial score (nSPS) is 11.8. The number of nitrogens with one attached hydrogen (secondary N) is 1. The Morgan fingerprint density at radius 2 is 2.05 bits per heavy atom. The lowest BCUT2D eigenvalue weighted by molar-refractivity contribution is -0.138. The Hall–Kier alpha value is -2.70. The fourth-order valence-corrected chi connectivity index (χ4v) is 1.91. The quantitative estimate of drug-likeness (QED) is 0.779. The van der Waals surface area contributed by atoms with E-state index in [1.54, 1.807) is 35.1 Å². The number of amides is 1. The molecule has 1 unspecified atom stereocenters. The molecule has 1 aromatic carbocycles. The maximum absolute atomic E-state index is 11.7. The van der Waals surface area contributed by atoms with Crippen molar-refractivity contribution in [2.45, 2.75) is 18.9 Å². The van der Waals surface area contributed by atoms with Crippen LogP contribution >= 0.6 is 0 Å². The van der Waals surface area contributed by atoms with Gasteiger partial charge in [0.25, 0.3) is 0 Å². The van der Waals surface area contributed by atoms with E-state index in [1.165, 1.54) is 6.20 Å². The minimum Gasteiger partial charge on any atom is -0.481 e. The van der Waals surface area contributed by atoms with Crippen LogP contribution in [-0.2, 0) is 16.1 Å². The molecule has 2 N–H and O–H groups in total. The summed E-state index contributed by atoms with van der Waals surface area (Å²) in [7, 11) is 0. The second kappa shape index (κ2) is 7.18. The number of rotatable bonds is 7. The smallest absolute Gasteiger partial charge is 0.312 e. The number of carboxylic acid groups (broad SMARTS) is 1. The molecule has 21 heavy (non-hydrogen) atoms. The second-order valence-electron chi connectivity index (χ2n) is 4.52. The number of carbonyl (C=O) groups is 2. The maximum Gasteiger partial charge on any atom is 0.312 e. The van der Waals surface area contributed by atoms with Crippen molar-refractivity contribution in [3.05, 3.63) is 48.3 Å². The van der Waals surface area contributed by atoms with Gasteiger partial charge in [-0.1, -0.05) is 35.5 Å². The van der Waals surface area contributed by atoms with Crippen LogP contribution in [0.15, 0.2) is 42.7 Å². The van der Waals surface area contributed by atoms with E-state index in [2.05, 4.69) is 15.6 Å². The predicted molar refractivity (Wildman–Crippen MR) is 74.5 cm³/mol. The molecule has 2 aromatic rings. The molecule has 7 nitrogen and oxygen atoms in total. The van der Waals surface area contributed by atoms with Crippen molar-refractivity contribution < 1.29 is 14.7 Å². The van der Waals surface area contributed by atoms with Crippen LogP contribution in [0.5, 0.6) is 0 Å². The molecule has 1 aromatic heterocycles. The van der Waals surface area contributed by atoms with E-state index in [-0.39, 0.29) is 18.9 Å². The first-order valence-electron chi connectivity index (χ1n) is 6.55. The number of aliphatic carboxylic acids is 1. The number of nitrogens with zero attached hydrogens (tertiary/aromatic N) is 3. The summed E-state index contributed by atoms with van der Waals surface area (Å²) in [5.41, 5.74) is 0.668. The fourth-order valence-electron chi connectivity index (χ4n) is 1.91. The minimum atomic E-state index is -0.960. The first kappa shape index (κ1) is 14.7. The third-order valence-corrected chi connectivity index (χ3v) is 3.04. The lowest BCUT2D eigenvalue weighted by Gasteiger charge is -2.13. The number of benzene rings is 1. The number of hydrogen-bond donors (Lipinski definition) is 2. The van der Waals surface area contributed by atoms with E-state index in [4.69, 9.17) is 0 Å². The highest BCUT2D eigenvalue weighted by Gasteiger charge is 2.20. The third-order valence-electron chi connectivity index (χ3n) is 3.04. The molecule has 0 aliphatic carbocycles. The average Bonchev–Trinajstić information content (AvgIpc) is 2.99. The van der Waals surface area contributed by atoms with Gasteiger partial charge in [0.2, 0.25) is 5.91 Å². The molecule has 2 rings (SSSR count). The Balaban J connectivity index is 1.84. The number of hydrogen-bond acceptors (Lipinski definition) is 4. The van der Waals surface area contributed by atoms with Gasteiger partial charge in [-0.3, -0.25) is 14.3 Å². The van der Waals surface area contributed by atoms with Gasteiger partial charge >= 0.3 is 5.97 Å². The van der Waals surface area contributed by atoms with Crippen LogP contribution in [0.2, 0.25) is 0 Å². The SMILES string of the molecule is O=C(CCn1ccnn1)NCC(C(=O)O)c1ccccc1. The highest BCUT2D eigenvalue weighted by Crippen LogP contribution is 2.14. The molecule has 0 spiro atoms. The van der Waals surface area contributed by atoms with Crippen LogP contribution in [0.1, 0.15) is 17.9 Å². The van der Waals surface area contributed by atoms with Crippen molar-refractivity contribution in [3.8, 4) is 0 Å². The Bertz CT molecular complexity index is 584. The highest BCUT2D eigenvalue weighted by molar-refractivity contribution is 5.79. The van der Waals surface area contributed by atoms with Crippen LogP contribution in [0.4, 0.5) is 0 Å². The minimum absolute atomic E-state index is 0.0650. The van der Waals surface area contributed by atoms with Gasteiger partial charge in [-0.05, 0) is 5.56 Å². The predicted octanol–water partition coefficient (Wildman–Crippen LogP) is 0.653. The van der Waals surface area contributed by atoms with Crippen LogP contribution in [0, 0.1) is 0 Å². The van der Waals surface area contributed by atoms with E-state index >= 15 is 0 Å². The Morgan fingerprint density at radius 3 is 2.67 bits per heavy atom. The molecule has 110 valence electrons. The topological polar surface area (TPSA) is 97.1 Å². The molecule has 0 bridgehead atoms. The van der Waals surface area contributed by atoms with E-state index in [9.17, 15) is 14.7 Å². The highest BCUT2D eigenvalue weighted by atomic mass is 16.4. The lowest BCUT2D eigenvalue weighted by Crippen LogP contribution is -2.32. The van der Waals surface area contributed by atoms with Gasteiger partial charge in [-0.2, -0.15) is 0 Å². The van der Waals surface area contributed by atoms with Gasteiger partial charge < -0.3 is 10.4 Å². The molecule has 7 heteroatoms. The van der Waals surface area contributed by atoms with Crippen molar-refractivity contribution in [1.29, 1.82) is 0 Å². The summed E-state index contributed by atoms with van der Waals surface area (Å²) in [5.74, 6) is -1.92. The van der Waals surface area contributed by atoms with E-state index in [0.29, 0.717) is 12.1 Å². The second-order valence-corrected chi connectivity index (χ2v) is 4.52. The van der Waals surface area contributed by atoms with Crippen molar-refractivity contribution in [2.24, 2.45) is 0 Å². The molecule has 1 atom stereocenters. The fraction of sp³-hybridized carbons (Fsp3) is 0.286. The molecule has 0 aliphatic heterocycles. The zero-order valence-corrected chi connectivity index (χ0v) is 11.3. The Labute approximate surface area is 121 Å². The summed E-state index contributed by atoms with van der Waals surface area (Å²) < 4.78 is 1.55. The zero-order valence-electron chi connectivity index (χ0n) is 11.3. The molecule has 0 saturated heterocycles. The largest absolute Gasteiger partial charge is 0.481 e. The summed E-state index contributed by atoms with van der Waals surface area (Å²) in [5, 5.41) is 19.3. The zero-order chi connectivity index (χ0) is 15.1. The van der Waals surface area contributed by atoms with Crippen molar-refractivity contribution >= 4 is 11.9 Å². The molecule has 0 fully saturated rings. The monoisotopic (exact) mass is 288 g/mol. The van der Waals surface area contributed by atoms with Gasteiger partial charge in [-0.15, -0.1) is 5.10 Å². The molecular formula is C14H16N4O3. The van der Waals surface area contributed by atoms with E-state index in [1.807, 2.05) is 6.07 Å². The van der Waals surface area contributed by atoms with Crippen LogP contribution in [0.25, 0.3) is 0 Å². The molecular weight excluding hydrogens is 272 g/mol. The van der Waals surface area contributed by atoms with Crippen LogP contribution in [0.3, 0.4) is 0 Å². The molecule has 1 heterocycles.